The molecule has 0 saturated heterocycles. The zero-order chi connectivity index (χ0) is 23.2. The second-order valence-corrected chi connectivity index (χ2v) is 8.45. The average Bonchev–Trinajstić information content (AvgIpc) is 3.14. The van der Waals surface area contributed by atoms with Gasteiger partial charge in [0.25, 0.3) is 0 Å². The van der Waals surface area contributed by atoms with Gasteiger partial charge in [0.2, 0.25) is 5.91 Å². The molecule has 8 heteroatoms. The fourth-order valence-electron chi connectivity index (χ4n) is 3.51. The number of benzene rings is 3. The Morgan fingerprint density at radius 3 is 2.61 bits per heavy atom. The molecule has 1 aromatic heterocycles. The minimum atomic E-state index is -0.847. The summed E-state index contributed by atoms with van der Waals surface area (Å²) in [5.41, 5.74) is 2.62. The van der Waals surface area contributed by atoms with E-state index < -0.39 is 6.10 Å². The first kappa shape index (κ1) is 23.1. The third-order valence-corrected chi connectivity index (χ3v) is 5.63. The predicted octanol–water partition coefficient (Wildman–Crippen LogP) is 4.64. The van der Waals surface area contributed by atoms with Gasteiger partial charge in [-0.3, -0.25) is 4.79 Å². The number of imidazole rings is 1. The topological polar surface area (TPSA) is 76.4 Å². The molecule has 0 fully saturated rings. The van der Waals surface area contributed by atoms with Gasteiger partial charge in [0, 0.05) is 11.6 Å². The maximum atomic E-state index is 12.6. The summed E-state index contributed by atoms with van der Waals surface area (Å²) in [6.07, 6.45) is -0.751. The van der Waals surface area contributed by atoms with Crippen LogP contribution in [0.2, 0.25) is 10.0 Å². The second kappa shape index (κ2) is 10.7. The van der Waals surface area contributed by atoms with E-state index in [1.54, 1.807) is 18.2 Å². The molecule has 3 aromatic carbocycles. The van der Waals surface area contributed by atoms with E-state index >= 15 is 0 Å². The monoisotopic (exact) mass is 483 g/mol. The highest BCUT2D eigenvalue weighted by Crippen LogP contribution is 2.27. The molecule has 1 heterocycles. The van der Waals surface area contributed by atoms with Crippen molar-refractivity contribution >= 4 is 40.1 Å². The SMILES string of the molecule is O=C(Cc1nc2ccccc2n1CC(O)COc1ccc(Cl)cc1Cl)NCc1ccccc1. The molecule has 2 N–H and O–H groups in total. The molecule has 0 bridgehead atoms. The van der Waals surface area contributed by atoms with Crippen LogP contribution in [-0.4, -0.2) is 33.3 Å². The minimum absolute atomic E-state index is 0.0213. The van der Waals surface area contributed by atoms with E-state index in [1.807, 2.05) is 59.2 Å². The van der Waals surface area contributed by atoms with Crippen LogP contribution in [0.25, 0.3) is 11.0 Å². The summed E-state index contributed by atoms with van der Waals surface area (Å²) >= 11 is 12.1. The lowest BCUT2D eigenvalue weighted by Crippen LogP contribution is -2.28. The highest BCUT2D eigenvalue weighted by molar-refractivity contribution is 6.35. The number of carbonyl (C=O) groups excluding carboxylic acids is 1. The molecular weight excluding hydrogens is 461 g/mol. The number of amides is 1. The van der Waals surface area contributed by atoms with Gasteiger partial charge >= 0.3 is 0 Å². The Balaban J connectivity index is 1.44. The van der Waals surface area contributed by atoms with Crippen molar-refractivity contribution in [1.82, 2.24) is 14.9 Å². The number of aliphatic hydroxyl groups excluding tert-OH is 1. The fourth-order valence-corrected chi connectivity index (χ4v) is 3.97. The number of aliphatic hydroxyl groups is 1. The van der Waals surface area contributed by atoms with Crippen LogP contribution in [0.3, 0.4) is 0 Å². The molecule has 0 aliphatic rings. The molecular formula is C25H23Cl2N3O3. The number of carbonyl (C=O) groups is 1. The van der Waals surface area contributed by atoms with Crippen molar-refractivity contribution in [2.24, 2.45) is 0 Å². The van der Waals surface area contributed by atoms with Gasteiger partial charge in [0.1, 0.15) is 24.3 Å². The van der Waals surface area contributed by atoms with E-state index in [0.717, 1.165) is 16.6 Å². The van der Waals surface area contributed by atoms with Crippen molar-refractivity contribution in [2.75, 3.05) is 6.61 Å². The molecule has 1 amide bonds. The van der Waals surface area contributed by atoms with Gasteiger partial charge in [-0.25, -0.2) is 4.98 Å². The van der Waals surface area contributed by atoms with Crippen molar-refractivity contribution in [2.45, 2.75) is 25.6 Å². The Morgan fingerprint density at radius 2 is 1.82 bits per heavy atom. The second-order valence-electron chi connectivity index (χ2n) is 7.61. The zero-order valence-electron chi connectivity index (χ0n) is 17.7. The summed E-state index contributed by atoms with van der Waals surface area (Å²) in [5, 5.41) is 14.5. The first-order chi connectivity index (χ1) is 16.0. The van der Waals surface area contributed by atoms with Gasteiger partial charge in [0.05, 0.1) is 29.0 Å². The van der Waals surface area contributed by atoms with Crippen LogP contribution in [0, 0.1) is 0 Å². The van der Waals surface area contributed by atoms with E-state index in [4.69, 9.17) is 27.9 Å². The molecule has 1 atom stereocenters. The van der Waals surface area contributed by atoms with Crippen LogP contribution >= 0.6 is 23.2 Å². The van der Waals surface area contributed by atoms with Gasteiger partial charge in [-0.1, -0.05) is 65.7 Å². The summed E-state index contributed by atoms with van der Waals surface area (Å²) < 4.78 is 7.53. The molecule has 33 heavy (non-hydrogen) atoms. The van der Waals surface area contributed by atoms with Crippen LogP contribution in [0.4, 0.5) is 0 Å². The van der Waals surface area contributed by atoms with E-state index in [-0.39, 0.29) is 25.5 Å². The normalized spacial score (nSPS) is 12.0. The number of para-hydroxylation sites is 2. The minimum Gasteiger partial charge on any atom is -0.489 e. The van der Waals surface area contributed by atoms with Crippen molar-refractivity contribution in [1.29, 1.82) is 0 Å². The van der Waals surface area contributed by atoms with Crippen molar-refractivity contribution in [3.05, 3.63) is 94.2 Å². The summed E-state index contributed by atoms with van der Waals surface area (Å²) in [5.74, 6) is 0.871. The summed E-state index contributed by atoms with van der Waals surface area (Å²) in [6.45, 7) is 0.679. The Bertz CT molecular complexity index is 1240. The van der Waals surface area contributed by atoms with Crippen LogP contribution in [0.1, 0.15) is 11.4 Å². The molecule has 0 saturated carbocycles. The van der Waals surface area contributed by atoms with Gasteiger partial charge in [0.15, 0.2) is 0 Å². The summed E-state index contributed by atoms with van der Waals surface area (Å²) in [6, 6.07) is 22.2. The lowest BCUT2D eigenvalue weighted by atomic mass is 10.2. The number of halogens is 2. The zero-order valence-corrected chi connectivity index (χ0v) is 19.3. The summed E-state index contributed by atoms with van der Waals surface area (Å²) in [4.78, 5) is 17.2. The van der Waals surface area contributed by atoms with Crippen LogP contribution < -0.4 is 10.1 Å². The molecule has 0 radical (unpaired) electrons. The lowest BCUT2D eigenvalue weighted by molar-refractivity contribution is -0.120. The quantitative estimate of drug-likeness (QED) is 0.363. The lowest BCUT2D eigenvalue weighted by Gasteiger charge is -2.16. The number of nitrogens with zero attached hydrogens (tertiary/aromatic N) is 2. The number of aromatic nitrogens is 2. The molecule has 6 nitrogen and oxygen atoms in total. The molecule has 4 aromatic rings. The Hall–Kier alpha value is -3.06. The molecule has 1 unspecified atom stereocenters. The van der Waals surface area contributed by atoms with Crippen LogP contribution in [0.15, 0.2) is 72.8 Å². The molecule has 0 aliphatic carbocycles. The van der Waals surface area contributed by atoms with Gasteiger partial charge in [-0.05, 0) is 35.9 Å². The Kier molecular flexibility index (Phi) is 7.50. The average molecular weight is 484 g/mol. The fraction of sp³-hybridized carbons (Fsp3) is 0.200. The largest absolute Gasteiger partial charge is 0.489 e. The number of hydrogen-bond donors (Lipinski definition) is 2. The van der Waals surface area contributed by atoms with Crippen LogP contribution in [0.5, 0.6) is 5.75 Å². The van der Waals surface area contributed by atoms with E-state index in [1.165, 1.54) is 0 Å². The first-order valence-electron chi connectivity index (χ1n) is 10.5. The molecule has 170 valence electrons. The van der Waals surface area contributed by atoms with Crippen LogP contribution in [-0.2, 0) is 24.3 Å². The molecule has 0 spiro atoms. The third-order valence-electron chi connectivity index (χ3n) is 5.10. The van der Waals surface area contributed by atoms with Gasteiger partial charge in [-0.2, -0.15) is 0 Å². The van der Waals surface area contributed by atoms with Crippen molar-refractivity contribution in [3.8, 4) is 5.75 Å². The first-order valence-corrected chi connectivity index (χ1v) is 11.3. The molecule has 0 aliphatic heterocycles. The Morgan fingerprint density at radius 1 is 1.06 bits per heavy atom. The summed E-state index contributed by atoms with van der Waals surface area (Å²) in [7, 11) is 0. The van der Waals surface area contributed by atoms with E-state index in [0.29, 0.717) is 28.2 Å². The Labute approximate surface area is 201 Å². The number of ether oxygens (including phenoxy) is 1. The maximum absolute atomic E-state index is 12.6. The maximum Gasteiger partial charge on any atom is 0.227 e. The van der Waals surface area contributed by atoms with Crippen molar-refractivity contribution < 1.29 is 14.6 Å². The smallest absolute Gasteiger partial charge is 0.227 e. The van der Waals surface area contributed by atoms with E-state index in [9.17, 15) is 9.90 Å². The highest BCUT2D eigenvalue weighted by atomic mass is 35.5. The highest BCUT2D eigenvalue weighted by Gasteiger charge is 2.17. The standard InChI is InChI=1S/C25H23Cl2N3O3/c26-18-10-11-23(20(27)12-18)33-16-19(31)15-30-22-9-5-4-8-21(22)29-24(30)13-25(32)28-14-17-6-2-1-3-7-17/h1-12,19,31H,13-16H2,(H,28,32). The van der Waals surface area contributed by atoms with E-state index in [2.05, 4.69) is 10.3 Å². The number of fused-ring (bicyclic) bond motifs is 1. The third kappa shape index (κ3) is 6.05. The predicted molar refractivity (Wildman–Crippen MR) is 130 cm³/mol. The van der Waals surface area contributed by atoms with Crippen molar-refractivity contribution in [3.63, 3.8) is 0 Å². The van der Waals surface area contributed by atoms with Gasteiger partial charge < -0.3 is 19.7 Å². The molecule has 4 rings (SSSR count). The number of nitrogens with one attached hydrogen (secondary N) is 1. The number of hydrogen-bond acceptors (Lipinski definition) is 4. The van der Waals surface area contributed by atoms with Gasteiger partial charge in [-0.15, -0.1) is 0 Å². The number of rotatable bonds is 9.